The maximum absolute atomic E-state index is 12.3. The summed E-state index contributed by atoms with van der Waals surface area (Å²) in [6.07, 6.45) is 0. The number of amides is 1. The number of nitrogens with one attached hydrogen (secondary N) is 2. The van der Waals surface area contributed by atoms with E-state index in [1.807, 2.05) is 31.4 Å². The van der Waals surface area contributed by atoms with E-state index in [1.54, 1.807) is 25.2 Å². The van der Waals surface area contributed by atoms with Gasteiger partial charge in [0.2, 0.25) is 0 Å². The van der Waals surface area contributed by atoms with E-state index in [-0.39, 0.29) is 5.69 Å². The molecule has 0 aromatic carbocycles. The summed E-state index contributed by atoms with van der Waals surface area (Å²) in [6, 6.07) is 3.87. The molecule has 0 radical (unpaired) electrons. The van der Waals surface area contributed by atoms with Crippen molar-refractivity contribution in [2.24, 2.45) is 0 Å². The first-order chi connectivity index (χ1) is 9.31. The Balaban J connectivity index is 2.29. The van der Waals surface area contributed by atoms with Crippen LogP contribution in [0.25, 0.3) is 0 Å². The number of carbonyl (C=O) groups is 1. The smallest absolute Gasteiger partial charge is 0.279 e. The molecule has 2 N–H and O–H groups in total. The average Bonchev–Trinajstić information content (AvgIpc) is 2.87. The van der Waals surface area contributed by atoms with E-state index in [0.717, 1.165) is 4.88 Å². The highest BCUT2D eigenvalue weighted by Crippen LogP contribution is 2.24. The maximum atomic E-state index is 12.3. The molecule has 0 bridgehead atoms. The zero-order valence-corrected chi connectivity index (χ0v) is 12.7. The standard InChI is InChI=1S/C14H17N3O2S/c1-8-9(2)16-12(18)11(15-8)13(19)17-14(3,4)10-6-5-7-20-10/h5-7H,1-4H3,(H,16,18)(H,17,19). The van der Waals surface area contributed by atoms with E-state index in [2.05, 4.69) is 15.3 Å². The molecule has 1 amide bonds. The minimum Gasteiger partial charge on any atom is -0.341 e. The van der Waals surface area contributed by atoms with Crippen molar-refractivity contribution in [3.63, 3.8) is 0 Å². The highest BCUT2D eigenvalue weighted by Gasteiger charge is 2.26. The van der Waals surface area contributed by atoms with Gasteiger partial charge < -0.3 is 10.3 Å². The summed E-state index contributed by atoms with van der Waals surface area (Å²) in [5.41, 5.74) is 0.205. The third kappa shape index (κ3) is 2.80. The maximum Gasteiger partial charge on any atom is 0.279 e. The van der Waals surface area contributed by atoms with Gasteiger partial charge in [-0.1, -0.05) is 6.07 Å². The monoisotopic (exact) mass is 291 g/mol. The molecule has 20 heavy (non-hydrogen) atoms. The largest absolute Gasteiger partial charge is 0.341 e. The molecule has 0 saturated heterocycles. The Labute approximate surface area is 121 Å². The molecule has 106 valence electrons. The van der Waals surface area contributed by atoms with Gasteiger partial charge >= 0.3 is 0 Å². The molecule has 0 fully saturated rings. The summed E-state index contributed by atoms with van der Waals surface area (Å²) in [5.74, 6) is -0.465. The van der Waals surface area contributed by atoms with Gasteiger partial charge in [-0.25, -0.2) is 4.98 Å². The summed E-state index contributed by atoms with van der Waals surface area (Å²) >= 11 is 1.56. The van der Waals surface area contributed by atoms with Crippen molar-refractivity contribution in [3.8, 4) is 0 Å². The van der Waals surface area contributed by atoms with E-state index in [9.17, 15) is 9.59 Å². The van der Waals surface area contributed by atoms with Crippen LogP contribution in [0.15, 0.2) is 22.3 Å². The number of hydrogen-bond donors (Lipinski definition) is 2. The predicted molar refractivity (Wildman–Crippen MR) is 79.1 cm³/mol. The fourth-order valence-electron chi connectivity index (χ4n) is 1.81. The van der Waals surface area contributed by atoms with Crippen LogP contribution in [-0.2, 0) is 5.54 Å². The van der Waals surface area contributed by atoms with Crippen LogP contribution in [0.1, 0.15) is 40.6 Å². The lowest BCUT2D eigenvalue weighted by molar-refractivity contribution is 0.0906. The summed E-state index contributed by atoms with van der Waals surface area (Å²) < 4.78 is 0. The summed E-state index contributed by atoms with van der Waals surface area (Å²) in [4.78, 5) is 31.8. The highest BCUT2D eigenvalue weighted by molar-refractivity contribution is 7.10. The average molecular weight is 291 g/mol. The fourth-order valence-corrected chi connectivity index (χ4v) is 2.62. The SMILES string of the molecule is Cc1nc(C(=O)NC(C)(C)c2cccs2)c(=O)[nH]c1C. The number of H-pyrrole nitrogens is 1. The summed E-state index contributed by atoms with van der Waals surface area (Å²) in [7, 11) is 0. The van der Waals surface area contributed by atoms with Gasteiger partial charge in [0, 0.05) is 10.6 Å². The van der Waals surface area contributed by atoms with Crippen LogP contribution in [0.2, 0.25) is 0 Å². The van der Waals surface area contributed by atoms with Crippen LogP contribution in [0.5, 0.6) is 0 Å². The molecular formula is C14H17N3O2S. The number of aromatic amines is 1. The molecule has 2 aromatic rings. The number of hydrogen-bond acceptors (Lipinski definition) is 4. The molecule has 0 spiro atoms. The second-order valence-corrected chi connectivity index (χ2v) is 6.13. The summed E-state index contributed by atoms with van der Waals surface area (Å²) in [5, 5.41) is 4.80. The van der Waals surface area contributed by atoms with Gasteiger partial charge in [0.1, 0.15) is 0 Å². The van der Waals surface area contributed by atoms with E-state index >= 15 is 0 Å². The van der Waals surface area contributed by atoms with Crippen molar-refractivity contribution in [2.45, 2.75) is 33.2 Å². The molecule has 2 rings (SSSR count). The first kappa shape index (κ1) is 14.5. The highest BCUT2D eigenvalue weighted by atomic mass is 32.1. The molecule has 0 saturated carbocycles. The third-order valence-corrected chi connectivity index (χ3v) is 4.31. The van der Waals surface area contributed by atoms with Gasteiger partial charge in [-0.2, -0.15) is 0 Å². The van der Waals surface area contributed by atoms with Gasteiger partial charge in [0.25, 0.3) is 11.5 Å². The zero-order valence-electron chi connectivity index (χ0n) is 11.9. The van der Waals surface area contributed by atoms with Crippen molar-refractivity contribution in [2.75, 3.05) is 0 Å². The topological polar surface area (TPSA) is 74.8 Å². The van der Waals surface area contributed by atoms with Crippen LogP contribution in [0.3, 0.4) is 0 Å². The minimum absolute atomic E-state index is 0.0993. The van der Waals surface area contributed by atoms with Gasteiger partial charge in [0.15, 0.2) is 5.69 Å². The number of thiophene rings is 1. The second-order valence-electron chi connectivity index (χ2n) is 5.18. The Morgan fingerprint density at radius 2 is 2.10 bits per heavy atom. The first-order valence-electron chi connectivity index (χ1n) is 6.25. The van der Waals surface area contributed by atoms with Crippen LogP contribution in [0.4, 0.5) is 0 Å². The van der Waals surface area contributed by atoms with Crippen molar-refractivity contribution in [1.29, 1.82) is 0 Å². The first-order valence-corrected chi connectivity index (χ1v) is 7.13. The number of carbonyl (C=O) groups excluding carboxylic acids is 1. The van der Waals surface area contributed by atoms with Crippen molar-refractivity contribution in [1.82, 2.24) is 15.3 Å². The lowest BCUT2D eigenvalue weighted by Gasteiger charge is -2.24. The number of aryl methyl sites for hydroxylation is 2. The fraction of sp³-hybridized carbons (Fsp3) is 0.357. The van der Waals surface area contributed by atoms with Gasteiger partial charge in [-0.15, -0.1) is 11.3 Å². The van der Waals surface area contributed by atoms with E-state index in [4.69, 9.17) is 0 Å². The van der Waals surface area contributed by atoms with E-state index < -0.39 is 17.0 Å². The van der Waals surface area contributed by atoms with Crippen LogP contribution in [0, 0.1) is 13.8 Å². The molecular weight excluding hydrogens is 274 g/mol. The number of aromatic nitrogens is 2. The summed E-state index contributed by atoms with van der Waals surface area (Å²) in [6.45, 7) is 7.30. The zero-order chi connectivity index (χ0) is 14.9. The molecule has 5 nitrogen and oxygen atoms in total. The van der Waals surface area contributed by atoms with Gasteiger partial charge in [0.05, 0.1) is 11.2 Å². The molecule has 0 atom stereocenters. The Hall–Kier alpha value is -1.95. The lowest BCUT2D eigenvalue weighted by Crippen LogP contribution is -2.43. The third-order valence-electron chi connectivity index (χ3n) is 3.12. The Bertz CT molecular complexity index is 687. The number of rotatable bonds is 3. The molecule has 2 heterocycles. The quantitative estimate of drug-likeness (QED) is 0.909. The second kappa shape index (κ2) is 5.20. The van der Waals surface area contributed by atoms with Crippen molar-refractivity contribution >= 4 is 17.2 Å². The normalized spacial score (nSPS) is 11.4. The van der Waals surface area contributed by atoms with Crippen molar-refractivity contribution in [3.05, 3.63) is 49.8 Å². The molecule has 0 unspecified atom stereocenters. The molecule has 6 heteroatoms. The van der Waals surface area contributed by atoms with Crippen LogP contribution >= 0.6 is 11.3 Å². The predicted octanol–water partition coefficient (Wildman–Crippen LogP) is 2.11. The molecule has 2 aromatic heterocycles. The molecule has 0 aliphatic carbocycles. The lowest BCUT2D eigenvalue weighted by atomic mass is 10.0. The Morgan fingerprint density at radius 1 is 1.40 bits per heavy atom. The van der Waals surface area contributed by atoms with Gasteiger partial charge in [-0.05, 0) is 39.1 Å². The Kier molecular flexibility index (Phi) is 3.76. The number of nitrogens with zero attached hydrogens (tertiary/aromatic N) is 1. The van der Waals surface area contributed by atoms with Crippen molar-refractivity contribution < 1.29 is 4.79 Å². The van der Waals surface area contributed by atoms with Crippen LogP contribution < -0.4 is 10.9 Å². The Morgan fingerprint density at radius 3 is 2.70 bits per heavy atom. The minimum atomic E-state index is -0.543. The molecule has 0 aliphatic heterocycles. The molecule has 0 aliphatic rings. The van der Waals surface area contributed by atoms with Crippen LogP contribution in [-0.4, -0.2) is 15.9 Å². The van der Waals surface area contributed by atoms with Gasteiger partial charge in [-0.3, -0.25) is 9.59 Å². The van der Waals surface area contributed by atoms with E-state index in [1.165, 1.54) is 0 Å². The van der Waals surface area contributed by atoms with E-state index in [0.29, 0.717) is 11.4 Å².